The van der Waals surface area contributed by atoms with Gasteiger partial charge < -0.3 is 10.6 Å². The number of rotatable bonds is 4. The van der Waals surface area contributed by atoms with E-state index in [1.807, 2.05) is 0 Å². The van der Waals surface area contributed by atoms with E-state index in [0.29, 0.717) is 0 Å². The van der Waals surface area contributed by atoms with Crippen LogP contribution in [-0.4, -0.2) is 55.1 Å². The van der Waals surface area contributed by atoms with Crippen molar-refractivity contribution in [3.8, 4) is 0 Å². The number of nitrogens with zero attached hydrogens (tertiary/aromatic N) is 2. The minimum Gasteiger partial charge on any atom is -0.329 e. The average molecular weight is 197 g/mol. The number of hydrogen-bond acceptors (Lipinski definition) is 3. The normalized spacial score (nSPS) is 25.9. The van der Waals surface area contributed by atoms with E-state index in [1.165, 1.54) is 38.8 Å². The Balaban J connectivity index is 1.84. The fraction of sp³-hybridized carbons (Fsp3) is 1.00. The highest BCUT2D eigenvalue weighted by molar-refractivity contribution is 4.90. The van der Waals surface area contributed by atoms with E-state index in [0.717, 1.165) is 25.2 Å². The molecule has 0 spiro atoms. The number of hydrogen-bond donors (Lipinski definition) is 1. The summed E-state index contributed by atoms with van der Waals surface area (Å²) in [5.41, 5.74) is 5.68. The smallest absolute Gasteiger partial charge is 0.0123 e. The highest BCUT2D eigenvalue weighted by Gasteiger charge is 2.34. The lowest BCUT2D eigenvalue weighted by Crippen LogP contribution is -2.46. The Hall–Kier alpha value is -0.120. The molecule has 0 atom stereocenters. The van der Waals surface area contributed by atoms with Gasteiger partial charge in [0.15, 0.2) is 0 Å². The van der Waals surface area contributed by atoms with Crippen molar-refractivity contribution in [1.82, 2.24) is 9.80 Å². The molecule has 2 rings (SSSR count). The molecule has 3 heteroatoms. The molecule has 2 N–H and O–H groups in total. The number of likely N-dealkylation sites (tertiary alicyclic amines) is 1. The molecule has 0 aromatic heterocycles. The van der Waals surface area contributed by atoms with Gasteiger partial charge in [-0.1, -0.05) is 0 Å². The van der Waals surface area contributed by atoms with Gasteiger partial charge >= 0.3 is 0 Å². The van der Waals surface area contributed by atoms with Crippen LogP contribution in [0.2, 0.25) is 0 Å². The Morgan fingerprint density at radius 2 is 1.71 bits per heavy atom. The topological polar surface area (TPSA) is 32.5 Å². The minimum absolute atomic E-state index is 0.822. The second-order valence-electron chi connectivity index (χ2n) is 4.79. The molecule has 1 saturated carbocycles. The van der Waals surface area contributed by atoms with Gasteiger partial charge in [-0.2, -0.15) is 0 Å². The summed E-state index contributed by atoms with van der Waals surface area (Å²) in [7, 11) is 2.22. The first-order valence-corrected chi connectivity index (χ1v) is 5.95. The fourth-order valence-electron chi connectivity index (χ4n) is 2.55. The number of piperidine rings is 1. The summed E-state index contributed by atoms with van der Waals surface area (Å²) in [4.78, 5) is 5.11. The second kappa shape index (κ2) is 4.60. The van der Waals surface area contributed by atoms with Gasteiger partial charge in [-0.05, 0) is 45.8 Å². The molecule has 0 unspecified atom stereocenters. The van der Waals surface area contributed by atoms with Gasteiger partial charge in [0.1, 0.15) is 0 Å². The van der Waals surface area contributed by atoms with Gasteiger partial charge in [0.25, 0.3) is 0 Å². The first-order valence-electron chi connectivity index (χ1n) is 5.95. The van der Waals surface area contributed by atoms with Crippen molar-refractivity contribution in [2.24, 2.45) is 5.73 Å². The van der Waals surface area contributed by atoms with Gasteiger partial charge in [-0.15, -0.1) is 0 Å². The van der Waals surface area contributed by atoms with E-state index in [1.54, 1.807) is 0 Å². The monoisotopic (exact) mass is 197 g/mol. The van der Waals surface area contributed by atoms with Crippen molar-refractivity contribution in [3.05, 3.63) is 0 Å². The van der Waals surface area contributed by atoms with Crippen molar-refractivity contribution >= 4 is 0 Å². The SMILES string of the molecule is CN1CCC(N(CCN)C2CC2)CC1. The molecule has 0 bridgehead atoms. The van der Waals surface area contributed by atoms with Gasteiger partial charge in [-0.3, -0.25) is 4.90 Å². The zero-order valence-electron chi connectivity index (χ0n) is 9.28. The van der Waals surface area contributed by atoms with Crippen LogP contribution in [0.15, 0.2) is 0 Å². The maximum atomic E-state index is 5.68. The maximum absolute atomic E-state index is 5.68. The molecular formula is C11H23N3. The van der Waals surface area contributed by atoms with E-state index >= 15 is 0 Å². The van der Waals surface area contributed by atoms with Crippen molar-refractivity contribution in [1.29, 1.82) is 0 Å². The molecule has 1 aliphatic heterocycles. The molecule has 1 saturated heterocycles. The molecule has 14 heavy (non-hydrogen) atoms. The van der Waals surface area contributed by atoms with Gasteiger partial charge in [0.05, 0.1) is 0 Å². The highest BCUT2D eigenvalue weighted by Crippen LogP contribution is 2.31. The molecule has 1 aliphatic carbocycles. The third-order valence-electron chi connectivity index (χ3n) is 3.56. The average Bonchev–Trinajstić information content (AvgIpc) is 2.99. The zero-order valence-corrected chi connectivity index (χ0v) is 9.28. The Morgan fingerprint density at radius 3 is 2.21 bits per heavy atom. The fourth-order valence-corrected chi connectivity index (χ4v) is 2.55. The Bertz CT molecular complexity index is 171. The summed E-state index contributed by atoms with van der Waals surface area (Å²) in [6, 6.07) is 1.70. The number of nitrogens with two attached hydrogens (primary N) is 1. The Labute approximate surface area is 87.2 Å². The molecule has 0 aromatic rings. The van der Waals surface area contributed by atoms with Crippen molar-refractivity contribution < 1.29 is 0 Å². The third kappa shape index (κ3) is 2.47. The first kappa shape index (κ1) is 10.4. The summed E-state index contributed by atoms with van der Waals surface area (Å²) >= 11 is 0. The van der Waals surface area contributed by atoms with Crippen molar-refractivity contribution in [2.75, 3.05) is 33.2 Å². The maximum Gasteiger partial charge on any atom is 0.0123 e. The molecule has 82 valence electrons. The highest BCUT2D eigenvalue weighted by atomic mass is 15.2. The largest absolute Gasteiger partial charge is 0.329 e. The first-order chi connectivity index (χ1) is 6.81. The quantitative estimate of drug-likeness (QED) is 0.712. The van der Waals surface area contributed by atoms with Crippen LogP contribution in [0.5, 0.6) is 0 Å². The van der Waals surface area contributed by atoms with Crippen LogP contribution in [0, 0.1) is 0 Å². The van der Waals surface area contributed by atoms with Crippen LogP contribution in [-0.2, 0) is 0 Å². The molecule has 1 heterocycles. The summed E-state index contributed by atoms with van der Waals surface area (Å²) in [5.74, 6) is 0. The molecule has 2 fully saturated rings. The molecular weight excluding hydrogens is 174 g/mol. The predicted octanol–water partition coefficient (Wildman–Crippen LogP) is 0.504. The van der Waals surface area contributed by atoms with E-state index in [9.17, 15) is 0 Å². The minimum atomic E-state index is 0.822. The lowest BCUT2D eigenvalue weighted by molar-refractivity contribution is 0.117. The summed E-state index contributed by atoms with van der Waals surface area (Å²) < 4.78 is 0. The Kier molecular flexibility index (Phi) is 3.42. The summed E-state index contributed by atoms with van der Waals surface area (Å²) in [6.07, 6.45) is 5.50. The Morgan fingerprint density at radius 1 is 1.14 bits per heavy atom. The molecule has 2 aliphatic rings. The van der Waals surface area contributed by atoms with Crippen LogP contribution in [0.1, 0.15) is 25.7 Å². The van der Waals surface area contributed by atoms with Crippen molar-refractivity contribution in [3.63, 3.8) is 0 Å². The van der Waals surface area contributed by atoms with E-state index in [-0.39, 0.29) is 0 Å². The summed E-state index contributed by atoms with van der Waals surface area (Å²) in [5, 5.41) is 0. The van der Waals surface area contributed by atoms with Gasteiger partial charge in [0.2, 0.25) is 0 Å². The summed E-state index contributed by atoms with van der Waals surface area (Å²) in [6.45, 7) is 4.46. The second-order valence-corrected chi connectivity index (χ2v) is 4.79. The predicted molar refractivity (Wildman–Crippen MR) is 59.3 cm³/mol. The van der Waals surface area contributed by atoms with Crippen LogP contribution in [0.25, 0.3) is 0 Å². The van der Waals surface area contributed by atoms with Crippen LogP contribution >= 0.6 is 0 Å². The van der Waals surface area contributed by atoms with E-state index in [2.05, 4.69) is 16.8 Å². The molecule has 0 amide bonds. The van der Waals surface area contributed by atoms with Gasteiger partial charge in [0, 0.05) is 25.2 Å². The molecule has 3 nitrogen and oxygen atoms in total. The van der Waals surface area contributed by atoms with Crippen molar-refractivity contribution in [2.45, 2.75) is 37.8 Å². The molecule has 0 aromatic carbocycles. The lowest BCUT2D eigenvalue weighted by Gasteiger charge is -2.37. The van der Waals surface area contributed by atoms with Crippen LogP contribution in [0.4, 0.5) is 0 Å². The molecule has 0 radical (unpaired) electrons. The standard InChI is InChI=1S/C11H23N3/c1-13-7-4-11(5-8-13)14(9-6-12)10-2-3-10/h10-11H,2-9,12H2,1H3. The van der Waals surface area contributed by atoms with Crippen LogP contribution in [0.3, 0.4) is 0 Å². The van der Waals surface area contributed by atoms with Gasteiger partial charge in [-0.25, -0.2) is 0 Å². The third-order valence-corrected chi connectivity index (χ3v) is 3.56. The zero-order chi connectivity index (χ0) is 9.97. The lowest BCUT2D eigenvalue weighted by atomic mass is 10.0. The van der Waals surface area contributed by atoms with E-state index in [4.69, 9.17) is 5.73 Å². The van der Waals surface area contributed by atoms with Crippen LogP contribution < -0.4 is 5.73 Å². The van der Waals surface area contributed by atoms with E-state index < -0.39 is 0 Å².